The average Bonchev–Trinajstić information content (AvgIpc) is 2.79. The van der Waals surface area contributed by atoms with E-state index in [0.29, 0.717) is 33.7 Å². The third-order valence-electron chi connectivity index (χ3n) is 3.40. The van der Waals surface area contributed by atoms with Crippen LogP contribution in [0.4, 0.5) is 5.69 Å². The molecule has 0 aliphatic heterocycles. The lowest BCUT2D eigenvalue weighted by molar-refractivity contribution is 0.0701. The Bertz CT molecular complexity index is 926. The summed E-state index contributed by atoms with van der Waals surface area (Å²) in [6, 6.07) is 7.29. The largest absolute Gasteiger partial charge is 0.477 e. The second kappa shape index (κ2) is 5.27. The molecule has 0 spiro atoms. The van der Waals surface area contributed by atoms with E-state index < -0.39 is 5.97 Å². The van der Waals surface area contributed by atoms with Gasteiger partial charge in [-0.15, -0.1) is 11.3 Å². The van der Waals surface area contributed by atoms with E-state index in [1.165, 1.54) is 0 Å². The van der Waals surface area contributed by atoms with Crippen molar-refractivity contribution in [3.05, 3.63) is 56.4 Å². The van der Waals surface area contributed by atoms with Gasteiger partial charge in [-0.3, -0.25) is 4.79 Å². The molecule has 4 N–H and O–H groups in total. The number of thiophene rings is 1. The Kier molecular flexibility index (Phi) is 3.42. The Balaban J connectivity index is 2.07. The number of nitrogens with zero attached hydrogens (tertiary/aromatic N) is 1. The van der Waals surface area contributed by atoms with Crippen LogP contribution in [0, 0.1) is 6.92 Å². The number of aryl methyl sites for hydroxylation is 1. The van der Waals surface area contributed by atoms with E-state index in [1.54, 1.807) is 19.1 Å². The molecule has 0 saturated carbocycles. The van der Waals surface area contributed by atoms with Crippen LogP contribution in [-0.4, -0.2) is 21.0 Å². The van der Waals surface area contributed by atoms with E-state index >= 15 is 0 Å². The summed E-state index contributed by atoms with van der Waals surface area (Å²) < 4.78 is 0. The number of aromatic nitrogens is 2. The molecule has 0 aliphatic carbocycles. The zero-order valence-corrected chi connectivity index (χ0v) is 12.5. The molecule has 3 aromatic rings. The van der Waals surface area contributed by atoms with Gasteiger partial charge in [0.2, 0.25) is 0 Å². The van der Waals surface area contributed by atoms with Crippen LogP contribution < -0.4 is 11.3 Å². The molecule has 6 nitrogen and oxygen atoms in total. The van der Waals surface area contributed by atoms with Gasteiger partial charge in [0.1, 0.15) is 15.5 Å². The number of aromatic carboxylic acids is 1. The number of nitrogen functional groups attached to an aromatic ring is 1. The highest BCUT2D eigenvalue weighted by Crippen LogP contribution is 2.27. The SMILES string of the molecule is Cc1c(C(=O)O)sc2nc(Cc3ccc(N)cc3)[nH]c(=O)c12. The van der Waals surface area contributed by atoms with Crippen molar-refractivity contribution in [3.8, 4) is 0 Å². The lowest BCUT2D eigenvalue weighted by Gasteiger charge is -2.02. The predicted octanol–water partition coefficient (Wildman–Crippen LogP) is 2.16. The van der Waals surface area contributed by atoms with Crippen molar-refractivity contribution in [2.45, 2.75) is 13.3 Å². The Hall–Kier alpha value is -2.67. The minimum atomic E-state index is -1.04. The van der Waals surface area contributed by atoms with E-state index in [4.69, 9.17) is 10.8 Å². The van der Waals surface area contributed by atoms with Gasteiger partial charge in [-0.25, -0.2) is 9.78 Å². The van der Waals surface area contributed by atoms with Crippen LogP contribution in [0.1, 0.15) is 26.6 Å². The first-order valence-corrected chi connectivity index (χ1v) is 7.37. The summed E-state index contributed by atoms with van der Waals surface area (Å²) in [5.74, 6) is -0.541. The number of hydrogen-bond donors (Lipinski definition) is 3. The van der Waals surface area contributed by atoms with Gasteiger partial charge in [0, 0.05) is 12.1 Å². The van der Waals surface area contributed by atoms with Gasteiger partial charge < -0.3 is 15.8 Å². The van der Waals surface area contributed by atoms with Crippen molar-refractivity contribution in [1.82, 2.24) is 9.97 Å². The van der Waals surface area contributed by atoms with E-state index in [-0.39, 0.29) is 10.4 Å². The van der Waals surface area contributed by atoms with Crippen LogP contribution in [0.3, 0.4) is 0 Å². The Morgan fingerprint density at radius 1 is 1.36 bits per heavy atom. The average molecular weight is 315 g/mol. The highest BCUT2D eigenvalue weighted by molar-refractivity contribution is 7.20. The highest BCUT2D eigenvalue weighted by Gasteiger charge is 2.18. The van der Waals surface area contributed by atoms with E-state index in [2.05, 4.69) is 9.97 Å². The summed E-state index contributed by atoms with van der Waals surface area (Å²) in [5.41, 5.74) is 7.42. The van der Waals surface area contributed by atoms with E-state index in [1.807, 2.05) is 12.1 Å². The molecule has 0 atom stereocenters. The van der Waals surface area contributed by atoms with Crippen molar-refractivity contribution in [3.63, 3.8) is 0 Å². The number of hydrogen-bond acceptors (Lipinski definition) is 5. The van der Waals surface area contributed by atoms with Gasteiger partial charge in [-0.05, 0) is 30.2 Å². The van der Waals surface area contributed by atoms with E-state index in [9.17, 15) is 9.59 Å². The number of benzene rings is 1. The molecule has 7 heteroatoms. The fourth-order valence-electron chi connectivity index (χ4n) is 2.31. The molecule has 0 aliphatic rings. The van der Waals surface area contributed by atoms with Crippen molar-refractivity contribution in [2.75, 3.05) is 5.73 Å². The van der Waals surface area contributed by atoms with Gasteiger partial charge >= 0.3 is 5.97 Å². The number of nitrogens with one attached hydrogen (secondary N) is 1. The quantitative estimate of drug-likeness (QED) is 0.642. The summed E-state index contributed by atoms with van der Waals surface area (Å²) >= 11 is 1.02. The predicted molar refractivity (Wildman–Crippen MR) is 85.6 cm³/mol. The van der Waals surface area contributed by atoms with Crippen LogP contribution in [0.15, 0.2) is 29.1 Å². The van der Waals surface area contributed by atoms with Crippen LogP contribution >= 0.6 is 11.3 Å². The van der Waals surface area contributed by atoms with Gasteiger partial charge in [-0.1, -0.05) is 12.1 Å². The summed E-state index contributed by atoms with van der Waals surface area (Å²) in [6.45, 7) is 1.62. The van der Waals surface area contributed by atoms with Crippen LogP contribution in [0.2, 0.25) is 0 Å². The second-order valence-electron chi connectivity index (χ2n) is 4.97. The number of fused-ring (bicyclic) bond motifs is 1. The molecule has 112 valence electrons. The van der Waals surface area contributed by atoms with Crippen molar-refractivity contribution < 1.29 is 9.90 Å². The van der Waals surface area contributed by atoms with Crippen molar-refractivity contribution in [2.24, 2.45) is 0 Å². The lowest BCUT2D eigenvalue weighted by Crippen LogP contribution is -2.12. The summed E-state index contributed by atoms with van der Waals surface area (Å²) in [7, 11) is 0. The molecule has 0 amide bonds. The van der Waals surface area contributed by atoms with Gasteiger partial charge in [-0.2, -0.15) is 0 Å². The molecule has 0 bridgehead atoms. The second-order valence-corrected chi connectivity index (χ2v) is 5.97. The first-order valence-electron chi connectivity index (χ1n) is 6.55. The minimum absolute atomic E-state index is 0.151. The molecule has 22 heavy (non-hydrogen) atoms. The molecule has 1 aromatic carbocycles. The summed E-state index contributed by atoms with van der Waals surface area (Å²) in [6.07, 6.45) is 0.449. The molecule has 0 fully saturated rings. The normalized spacial score (nSPS) is 11.0. The maximum absolute atomic E-state index is 12.2. The number of anilines is 1. The standard InChI is InChI=1S/C15H13N3O3S/c1-7-11-13(19)17-10(6-8-2-4-9(16)5-3-8)18-14(11)22-12(7)15(20)21/h2-5H,6,16H2,1H3,(H,20,21)(H,17,18,19). The molecule has 2 heterocycles. The number of aromatic amines is 1. The first-order chi connectivity index (χ1) is 10.5. The molecular weight excluding hydrogens is 302 g/mol. The van der Waals surface area contributed by atoms with Gasteiger partial charge in [0.05, 0.1) is 5.39 Å². The molecular formula is C15H13N3O3S. The van der Waals surface area contributed by atoms with Crippen molar-refractivity contribution >= 4 is 33.2 Å². The number of nitrogens with two attached hydrogens (primary N) is 1. The maximum atomic E-state index is 12.2. The molecule has 2 aromatic heterocycles. The Labute approximate surface area is 129 Å². The molecule has 0 saturated heterocycles. The number of rotatable bonds is 3. The Morgan fingerprint density at radius 3 is 2.68 bits per heavy atom. The molecule has 0 unspecified atom stereocenters. The number of carboxylic acids is 1. The third-order valence-corrected chi connectivity index (χ3v) is 4.57. The molecule has 0 radical (unpaired) electrons. The monoisotopic (exact) mass is 315 g/mol. The minimum Gasteiger partial charge on any atom is -0.477 e. The van der Waals surface area contributed by atoms with E-state index in [0.717, 1.165) is 16.9 Å². The maximum Gasteiger partial charge on any atom is 0.346 e. The number of H-pyrrole nitrogens is 1. The fraction of sp³-hybridized carbons (Fsp3) is 0.133. The van der Waals surface area contributed by atoms with Crippen molar-refractivity contribution in [1.29, 1.82) is 0 Å². The van der Waals surface area contributed by atoms with Crippen LogP contribution in [0.5, 0.6) is 0 Å². The topological polar surface area (TPSA) is 109 Å². The summed E-state index contributed by atoms with van der Waals surface area (Å²) in [4.78, 5) is 31.1. The van der Waals surface area contributed by atoms with Gasteiger partial charge in [0.15, 0.2) is 0 Å². The lowest BCUT2D eigenvalue weighted by atomic mass is 10.1. The number of carboxylic acid groups (broad SMARTS) is 1. The molecule has 3 rings (SSSR count). The number of carbonyl (C=O) groups is 1. The highest BCUT2D eigenvalue weighted by atomic mass is 32.1. The Morgan fingerprint density at radius 2 is 2.05 bits per heavy atom. The van der Waals surface area contributed by atoms with Crippen LogP contribution in [0.25, 0.3) is 10.2 Å². The first kappa shape index (κ1) is 14.3. The zero-order valence-electron chi connectivity index (χ0n) is 11.7. The fourth-order valence-corrected chi connectivity index (χ4v) is 3.34. The third kappa shape index (κ3) is 2.46. The smallest absolute Gasteiger partial charge is 0.346 e. The van der Waals surface area contributed by atoms with Crippen LogP contribution in [-0.2, 0) is 6.42 Å². The zero-order chi connectivity index (χ0) is 15.9. The summed E-state index contributed by atoms with van der Waals surface area (Å²) in [5, 5.41) is 9.50. The van der Waals surface area contributed by atoms with Gasteiger partial charge in [0.25, 0.3) is 5.56 Å².